The Labute approximate surface area is 138 Å². The van der Waals surface area contributed by atoms with Crippen LogP contribution in [0.5, 0.6) is 0 Å². The molecule has 2 N–H and O–H groups in total. The first-order chi connectivity index (χ1) is 11.2. The highest BCUT2D eigenvalue weighted by Crippen LogP contribution is 2.20. The summed E-state index contributed by atoms with van der Waals surface area (Å²) in [5.74, 6) is 0.419. The predicted molar refractivity (Wildman–Crippen MR) is 88.8 cm³/mol. The quantitative estimate of drug-likeness (QED) is 0.743. The fraction of sp³-hybridized carbons (Fsp3) is 0.0588. The van der Waals surface area contributed by atoms with Crippen LogP contribution in [0.1, 0.15) is 16.2 Å². The standard InChI is InChI=1S/C17H14ClN3O2/c18-12-3-1-4-13(9-12)21-14-6-7-19-16(10-14)17(22)20-11-15-5-2-8-23-15/h1-10H,11H2,(H,19,21)(H,20,22). The lowest BCUT2D eigenvalue weighted by Gasteiger charge is -2.08. The molecule has 2 aromatic heterocycles. The van der Waals surface area contributed by atoms with E-state index in [1.54, 1.807) is 48.9 Å². The van der Waals surface area contributed by atoms with Crippen molar-refractivity contribution < 1.29 is 9.21 Å². The van der Waals surface area contributed by atoms with Crippen molar-refractivity contribution in [2.24, 2.45) is 0 Å². The number of pyridine rings is 1. The van der Waals surface area contributed by atoms with Crippen molar-refractivity contribution in [1.29, 1.82) is 0 Å². The summed E-state index contributed by atoms with van der Waals surface area (Å²) in [5, 5.41) is 6.58. The van der Waals surface area contributed by atoms with Crippen LogP contribution in [-0.4, -0.2) is 10.9 Å². The third kappa shape index (κ3) is 4.11. The van der Waals surface area contributed by atoms with E-state index < -0.39 is 0 Å². The molecule has 0 aliphatic rings. The first-order valence-electron chi connectivity index (χ1n) is 7.00. The summed E-state index contributed by atoms with van der Waals surface area (Å²) in [5.41, 5.74) is 1.92. The summed E-state index contributed by atoms with van der Waals surface area (Å²) in [7, 11) is 0. The number of hydrogen-bond donors (Lipinski definition) is 2. The lowest BCUT2D eigenvalue weighted by Crippen LogP contribution is -2.23. The maximum Gasteiger partial charge on any atom is 0.270 e. The Bertz CT molecular complexity index is 803. The predicted octanol–water partition coefficient (Wildman–Crippen LogP) is 4.00. The van der Waals surface area contributed by atoms with Crippen molar-refractivity contribution in [3.63, 3.8) is 0 Å². The number of nitrogens with zero attached hydrogens (tertiary/aromatic N) is 1. The molecule has 2 heterocycles. The first kappa shape index (κ1) is 15.1. The summed E-state index contributed by atoms with van der Waals surface area (Å²) in [6.45, 7) is 0.319. The van der Waals surface area contributed by atoms with Crippen LogP contribution in [-0.2, 0) is 6.54 Å². The van der Waals surface area contributed by atoms with E-state index >= 15 is 0 Å². The van der Waals surface area contributed by atoms with E-state index in [1.807, 2.05) is 12.1 Å². The molecule has 0 unspecified atom stereocenters. The number of halogens is 1. The van der Waals surface area contributed by atoms with E-state index in [-0.39, 0.29) is 5.91 Å². The number of carbonyl (C=O) groups excluding carboxylic acids is 1. The summed E-state index contributed by atoms with van der Waals surface area (Å²) >= 11 is 5.96. The normalized spacial score (nSPS) is 10.3. The Morgan fingerprint density at radius 2 is 2.00 bits per heavy atom. The van der Waals surface area contributed by atoms with Crippen molar-refractivity contribution in [1.82, 2.24) is 10.3 Å². The van der Waals surface area contributed by atoms with Crippen molar-refractivity contribution in [2.45, 2.75) is 6.54 Å². The molecule has 0 saturated heterocycles. The fourth-order valence-corrected chi connectivity index (χ4v) is 2.23. The van der Waals surface area contributed by atoms with Gasteiger partial charge in [-0.15, -0.1) is 0 Å². The molecular formula is C17H14ClN3O2. The third-order valence-electron chi connectivity index (χ3n) is 3.11. The molecule has 0 bridgehead atoms. The van der Waals surface area contributed by atoms with Crippen LogP contribution in [0.25, 0.3) is 0 Å². The number of carbonyl (C=O) groups is 1. The third-order valence-corrected chi connectivity index (χ3v) is 3.34. The number of rotatable bonds is 5. The molecular weight excluding hydrogens is 314 g/mol. The molecule has 0 radical (unpaired) electrons. The molecule has 116 valence electrons. The second-order valence-corrected chi connectivity index (χ2v) is 5.26. The van der Waals surface area contributed by atoms with Crippen molar-refractivity contribution in [2.75, 3.05) is 5.32 Å². The zero-order valence-corrected chi connectivity index (χ0v) is 12.9. The van der Waals surface area contributed by atoms with Gasteiger partial charge in [-0.3, -0.25) is 9.78 Å². The van der Waals surface area contributed by atoms with E-state index in [4.69, 9.17) is 16.0 Å². The molecule has 0 fully saturated rings. The summed E-state index contributed by atoms with van der Waals surface area (Å²) in [6.07, 6.45) is 3.14. The van der Waals surface area contributed by atoms with Crippen LogP contribution < -0.4 is 10.6 Å². The average Bonchev–Trinajstić information content (AvgIpc) is 3.06. The molecule has 0 aliphatic carbocycles. The van der Waals surface area contributed by atoms with Crippen molar-refractivity contribution in [3.05, 3.63) is 77.5 Å². The van der Waals surface area contributed by atoms with E-state index in [0.717, 1.165) is 11.4 Å². The van der Waals surface area contributed by atoms with Crippen LogP contribution in [0.2, 0.25) is 5.02 Å². The van der Waals surface area contributed by atoms with Crippen LogP contribution in [0, 0.1) is 0 Å². The van der Waals surface area contributed by atoms with E-state index in [0.29, 0.717) is 23.0 Å². The second kappa shape index (κ2) is 6.98. The molecule has 23 heavy (non-hydrogen) atoms. The largest absolute Gasteiger partial charge is 0.467 e. The maximum absolute atomic E-state index is 12.1. The van der Waals surface area contributed by atoms with Gasteiger partial charge in [-0.05, 0) is 42.5 Å². The van der Waals surface area contributed by atoms with Crippen LogP contribution in [0.4, 0.5) is 11.4 Å². The Kier molecular flexibility index (Phi) is 4.59. The van der Waals surface area contributed by atoms with Gasteiger partial charge in [0.05, 0.1) is 12.8 Å². The number of hydrogen-bond acceptors (Lipinski definition) is 4. The number of furan rings is 1. The Hall–Kier alpha value is -2.79. The molecule has 0 aliphatic heterocycles. The Balaban J connectivity index is 1.68. The number of nitrogens with one attached hydrogen (secondary N) is 2. The van der Waals surface area contributed by atoms with Gasteiger partial charge in [-0.2, -0.15) is 0 Å². The summed E-state index contributed by atoms with van der Waals surface area (Å²) in [6, 6.07) is 14.4. The lowest BCUT2D eigenvalue weighted by molar-refractivity contribution is 0.0943. The summed E-state index contributed by atoms with van der Waals surface area (Å²) in [4.78, 5) is 16.2. The molecule has 0 saturated carbocycles. The van der Waals surface area contributed by atoms with Gasteiger partial charge >= 0.3 is 0 Å². The van der Waals surface area contributed by atoms with Gasteiger partial charge < -0.3 is 15.1 Å². The smallest absolute Gasteiger partial charge is 0.270 e. The minimum atomic E-state index is -0.267. The highest BCUT2D eigenvalue weighted by molar-refractivity contribution is 6.30. The molecule has 1 amide bonds. The molecule has 1 aromatic carbocycles. The first-order valence-corrected chi connectivity index (χ1v) is 7.38. The molecule has 6 heteroatoms. The topological polar surface area (TPSA) is 67.2 Å². The van der Waals surface area contributed by atoms with Gasteiger partial charge in [0.15, 0.2) is 0 Å². The SMILES string of the molecule is O=C(NCc1ccco1)c1cc(Nc2cccc(Cl)c2)ccn1. The van der Waals surface area contributed by atoms with Crippen LogP contribution in [0.15, 0.2) is 65.4 Å². The summed E-state index contributed by atoms with van der Waals surface area (Å²) < 4.78 is 5.17. The molecule has 0 atom stereocenters. The minimum absolute atomic E-state index is 0.267. The monoisotopic (exact) mass is 327 g/mol. The van der Waals surface area contributed by atoms with E-state index in [2.05, 4.69) is 15.6 Å². The zero-order valence-electron chi connectivity index (χ0n) is 12.1. The number of amides is 1. The highest BCUT2D eigenvalue weighted by Gasteiger charge is 2.08. The Morgan fingerprint density at radius 3 is 2.78 bits per heavy atom. The zero-order chi connectivity index (χ0) is 16.1. The highest BCUT2D eigenvalue weighted by atomic mass is 35.5. The van der Waals surface area contributed by atoms with Crippen LogP contribution >= 0.6 is 11.6 Å². The molecule has 3 aromatic rings. The second-order valence-electron chi connectivity index (χ2n) is 4.83. The van der Waals surface area contributed by atoms with Gasteiger partial charge in [0.1, 0.15) is 11.5 Å². The van der Waals surface area contributed by atoms with Crippen molar-refractivity contribution in [3.8, 4) is 0 Å². The van der Waals surface area contributed by atoms with Gasteiger partial charge in [-0.1, -0.05) is 17.7 Å². The average molecular weight is 328 g/mol. The number of benzene rings is 1. The lowest BCUT2D eigenvalue weighted by atomic mass is 10.2. The fourth-order valence-electron chi connectivity index (χ4n) is 2.04. The Morgan fingerprint density at radius 1 is 1.13 bits per heavy atom. The van der Waals surface area contributed by atoms with Gasteiger partial charge in [0.25, 0.3) is 5.91 Å². The molecule has 5 nitrogen and oxygen atoms in total. The molecule has 3 rings (SSSR count). The van der Waals surface area contributed by atoms with Crippen molar-refractivity contribution >= 4 is 28.9 Å². The minimum Gasteiger partial charge on any atom is -0.467 e. The van der Waals surface area contributed by atoms with Gasteiger partial charge in [0.2, 0.25) is 0 Å². The van der Waals surface area contributed by atoms with E-state index in [1.165, 1.54) is 0 Å². The van der Waals surface area contributed by atoms with Crippen LogP contribution in [0.3, 0.4) is 0 Å². The maximum atomic E-state index is 12.1. The van der Waals surface area contributed by atoms with Gasteiger partial charge in [0, 0.05) is 22.6 Å². The van der Waals surface area contributed by atoms with E-state index in [9.17, 15) is 4.79 Å². The molecule has 0 spiro atoms. The van der Waals surface area contributed by atoms with Gasteiger partial charge in [-0.25, -0.2) is 0 Å². The number of aromatic nitrogens is 1. The number of anilines is 2.